The predicted octanol–water partition coefficient (Wildman–Crippen LogP) is 4.79. The van der Waals surface area contributed by atoms with Crippen molar-refractivity contribution >= 4 is 11.9 Å². The first kappa shape index (κ1) is 20.7. The van der Waals surface area contributed by atoms with E-state index in [0.29, 0.717) is 0 Å². The molecule has 3 aromatic rings. The van der Waals surface area contributed by atoms with Crippen LogP contribution >= 0.6 is 0 Å². The van der Waals surface area contributed by atoms with E-state index >= 15 is 0 Å². The highest BCUT2D eigenvalue weighted by atomic mass is 19.4. The van der Waals surface area contributed by atoms with Gasteiger partial charge in [0.1, 0.15) is 6.04 Å². The van der Waals surface area contributed by atoms with Crippen molar-refractivity contribution in [3.63, 3.8) is 0 Å². The Morgan fingerprint density at radius 3 is 2.03 bits per heavy atom. The lowest BCUT2D eigenvalue weighted by atomic mass is 9.89. The summed E-state index contributed by atoms with van der Waals surface area (Å²) in [5.41, 5.74) is 2.41. The maximum absolute atomic E-state index is 13.0. The molecule has 31 heavy (non-hydrogen) atoms. The van der Waals surface area contributed by atoms with Crippen molar-refractivity contribution in [1.29, 1.82) is 0 Å². The van der Waals surface area contributed by atoms with E-state index in [0.717, 1.165) is 40.5 Å². The maximum Gasteiger partial charge on any atom is 0.416 e. The first-order chi connectivity index (χ1) is 14.8. The normalized spacial score (nSPS) is 13.8. The molecular weight excluding hydrogens is 407 g/mol. The van der Waals surface area contributed by atoms with Crippen LogP contribution in [0.5, 0.6) is 0 Å². The molecule has 0 fully saturated rings. The lowest BCUT2D eigenvalue weighted by Gasteiger charge is -2.24. The third-order valence-electron chi connectivity index (χ3n) is 5.41. The molecular formula is C24H18F3NO3. The number of carbonyl (C=O) groups is 2. The number of hydrogen-bond acceptors (Lipinski definition) is 3. The van der Waals surface area contributed by atoms with E-state index < -0.39 is 35.6 Å². The van der Waals surface area contributed by atoms with Crippen LogP contribution in [0.25, 0.3) is 11.1 Å². The van der Waals surface area contributed by atoms with Gasteiger partial charge in [0, 0.05) is 11.5 Å². The lowest BCUT2D eigenvalue weighted by molar-refractivity contribution is -0.143. The Balaban J connectivity index is 1.73. The number of amides is 1. The SMILES string of the molecule is COC(=O)[C@@H](NC(=O)c1cccc(C(F)(F)F)c1)C1c2ccccc2-c2ccccc21. The van der Waals surface area contributed by atoms with Gasteiger partial charge >= 0.3 is 12.1 Å². The van der Waals surface area contributed by atoms with Gasteiger partial charge in [0.2, 0.25) is 0 Å². The monoisotopic (exact) mass is 425 g/mol. The zero-order valence-electron chi connectivity index (χ0n) is 16.4. The molecule has 0 saturated carbocycles. The number of benzene rings is 3. The van der Waals surface area contributed by atoms with Crippen LogP contribution in [0.4, 0.5) is 13.2 Å². The molecule has 1 aliphatic rings. The number of alkyl halides is 3. The van der Waals surface area contributed by atoms with Crippen molar-refractivity contribution in [2.45, 2.75) is 18.1 Å². The minimum absolute atomic E-state index is 0.191. The van der Waals surface area contributed by atoms with Gasteiger partial charge in [-0.2, -0.15) is 13.2 Å². The summed E-state index contributed by atoms with van der Waals surface area (Å²) in [7, 11) is 1.21. The number of halogens is 3. The van der Waals surface area contributed by atoms with Crippen LogP contribution in [0, 0.1) is 0 Å². The summed E-state index contributed by atoms with van der Waals surface area (Å²) in [6.07, 6.45) is -4.58. The average Bonchev–Trinajstić information content (AvgIpc) is 3.10. The highest BCUT2D eigenvalue weighted by molar-refractivity contribution is 5.98. The van der Waals surface area contributed by atoms with Gasteiger partial charge in [-0.25, -0.2) is 4.79 Å². The Kier molecular flexibility index (Phi) is 5.27. The topological polar surface area (TPSA) is 55.4 Å². The average molecular weight is 425 g/mol. The van der Waals surface area contributed by atoms with Crippen molar-refractivity contribution in [3.8, 4) is 11.1 Å². The standard InChI is InChI=1S/C24H18F3NO3/c1-31-23(30)21(28-22(29)14-7-6-8-15(13-14)24(25,26)27)20-18-11-4-2-9-16(18)17-10-3-5-12-19(17)20/h2-13,20-21H,1H3,(H,28,29)/t21-/m0/s1. The summed E-state index contributed by atoms with van der Waals surface area (Å²) in [5, 5.41) is 2.61. The van der Waals surface area contributed by atoms with E-state index in [1.807, 2.05) is 48.5 Å². The molecule has 7 heteroatoms. The molecule has 0 bridgehead atoms. The fraction of sp³-hybridized carbons (Fsp3) is 0.167. The van der Waals surface area contributed by atoms with E-state index in [2.05, 4.69) is 5.32 Å². The van der Waals surface area contributed by atoms with Gasteiger partial charge in [0.25, 0.3) is 5.91 Å². The van der Waals surface area contributed by atoms with E-state index in [1.165, 1.54) is 13.2 Å². The second-order valence-corrected chi connectivity index (χ2v) is 7.21. The number of esters is 1. The van der Waals surface area contributed by atoms with Gasteiger partial charge in [0.05, 0.1) is 12.7 Å². The summed E-state index contributed by atoms with van der Waals surface area (Å²) in [5.74, 6) is -2.00. The predicted molar refractivity (Wildman–Crippen MR) is 108 cm³/mol. The van der Waals surface area contributed by atoms with Gasteiger partial charge in [-0.1, -0.05) is 54.6 Å². The summed E-state index contributed by atoms with van der Waals surface area (Å²) in [6.45, 7) is 0. The van der Waals surface area contributed by atoms with Crippen LogP contribution in [0.2, 0.25) is 0 Å². The summed E-state index contributed by atoms with van der Waals surface area (Å²) in [6, 6.07) is 18.0. The highest BCUT2D eigenvalue weighted by Crippen LogP contribution is 2.46. The van der Waals surface area contributed by atoms with Crippen molar-refractivity contribution in [3.05, 3.63) is 95.1 Å². The van der Waals surface area contributed by atoms with Crippen molar-refractivity contribution < 1.29 is 27.5 Å². The molecule has 1 aliphatic carbocycles. The third-order valence-corrected chi connectivity index (χ3v) is 5.41. The molecule has 1 atom stereocenters. The van der Waals surface area contributed by atoms with Gasteiger partial charge in [-0.05, 0) is 40.5 Å². The molecule has 0 unspecified atom stereocenters. The number of carbonyl (C=O) groups excluding carboxylic acids is 2. The van der Waals surface area contributed by atoms with Gasteiger partial charge in [-0.15, -0.1) is 0 Å². The van der Waals surface area contributed by atoms with Crippen LogP contribution in [0.1, 0.15) is 33.0 Å². The molecule has 0 spiro atoms. The molecule has 4 nitrogen and oxygen atoms in total. The minimum atomic E-state index is -4.58. The van der Waals surface area contributed by atoms with Crippen LogP contribution in [0.15, 0.2) is 72.8 Å². The molecule has 0 radical (unpaired) electrons. The zero-order chi connectivity index (χ0) is 22.2. The summed E-state index contributed by atoms with van der Waals surface area (Å²) < 4.78 is 44.1. The van der Waals surface area contributed by atoms with Crippen molar-refractivity contribution in [2.75, 3.05) is 7.11 Å². The molecule has 4 rings (SSSR count). The quantitative estimate of drug-likeness (QED) is 0.612. The Labute approximate surface area is 176 Å². The van der Waals surface area contributed by atoms with Crippen LogP contribution in [-0.4, -0.2) is 25.0 Å². The molecule has 0 saturated heterocycles. The maximum atomic E-state index is 13.0. The Morgan fingerprint density at radius 1 is 0.903 bits per heavy atom. The molecule has 0 aromatic heterocycles. The number of methoxy groups -OCH3 is 1. The number of nitrogens with one attached hydrogen (secondary N) is 1. The number of ether oxygens (including phenoxy) is 1. The molecule has 0 heterocycles. The second-order valence-electron chi connectivity index (χ2n) is 7.21. The number of hydrogen-bond donors (Lipinski definition) is 1. The van der Waals surface area contributed by atoms with Crippen LogP contribution < -0.4 is 5.32 Å². The first-order valence-corrected chi connectivity index (χ1v) is 9.55. The molecule has 1 amide bonds. The van der Waals surface area contributed by atoms with E-state index in [1.54, 1.807) is 0 Å². The number of fused-ring (bicyclic) bond motifs is 3. The summed E-state index contributed by atoms with van der Waals surface area (Å²) >= 11 is 0. The minimum Gasteiger partial charge on any atom is -0.467 e. The van der Waals surface area contributed by atoms with Crippen LogP contribution in [0.3, 0.4) is 0 Å². The smallest absolute Gasteiger partial charge is 0.416 e. The van der Waals surface area contributed by atoms with Crippen LogP contribution in [-0.2, 0) is 15.7 Å². The second kappa shape index (κ2) is 7.91. The Morgan fingerprint density at radius 2 is 1.48 bits per heavy atom. The van der Waals surface area contributed by atoms with Gasteiger partial charge in [-0.3, -0.25) is 4.79 Å². The van der Waals surface area contributed by atoms with Crippen molar-refractivity contribution in [1.82, 2.24) is 5.32 Å². The van der Waals surface area contributed by atoms with Gasteiger partial charge in [0.15, 0.2) is 0 Å². The molecule has 3 aromatic carbocycles. The largest absolute Gasteiger partial charge is 0.467 e. The summed E-state index contributed by atoms with van der Waals surface area (Å²) in [4.78, 5) is 25.5. The van der Waals surface area contributed by atoms with Crippen molar-refractivity contribution in [2.24, 2.45) is 0 Å². The molecule has 158 valence electrons. The van der Waals surface area contributed by atoms with E-state index in [9.17, 15) is 22.8 Å². The first-order valence-electron chi connectivity index (χ1n) is 9.55. The molecule has 0 aliphatic heterocycles. The van der Waals surface area contributed by atoms with E-state index in [-0.39, 0.29) is 5.56 Å². The number of rotatable bonds is 4. The van der Waals surface area contributed by atoms with Gasteiger partial charge < -0.3 is 10.1 Å². The Hall–Kier alpha value is -3.61. The highest BCUT2D eigenvalue weighted by Gasteiger charge is 2.40. The third kappa shape index (κ3) is 3.79. The Bertz CT molecular complexity index is 1110. The lowest BCUT2D eigenvalue weighted by Crippen LogP contribution is -2.45. The fourth-order valence-electron chi connectivity index (χ4n) is 4.02. The zero-order valence-corrected chi connectivity index (χ0v) is 16.4. The fourth-order valence-corrected chi connectivity index (χ4v) is 4.02. The van der Waals surface area contributed by atoms with E-state index in [4.69, 9.17) is 4.74 Å². The molecule has 1 N–H and O–H groups in total.